The number of aliphatic carboxylic acids is 2. The Labute approximate surface area is 191 Å². The van der Waals surface area contributed by atoms with Gasteiger partial charge in [0.05, 0.1) is 16.0 Å². The molecule has 0 aliphatic carbocycles. The van der Waals surface area contributed by atoms with Gasteiger partial charge in [-0.2, -0.15) is 0 Å². The van der Waals surface area contributed by atoms with Gasteiger partial charge >= 0.3 is 11.9 Å². The minimum atomic E-state index is -1.27. The van der Waals surface area contributed by atoms with Crippen molar-refractivity contribution in [3.63, 3.8) is 0 Å². The van der Waals surface area contributed by atoms with Gasteiger partial charge in [0.2, 0.25) is 0 Å². The SMILES string of the molecule is O=C(O)C(Sc1nc2ccc([N+](=O)[O-])cc2n1C(C(=O)O)c1ccccc1)c1ccccc1. The Kier molecular flexibility index (Phi) is 6.09. The highest BCUT2D eigenvalue weighted by Gasteiger charge is 2.31. The predicted molar refractivity (Wildman–Crippen MR) is 121 cm³/mol. The van der Waals surface area contributed by atoms with E-state index >= 15 is 0 Å². The number of rotatable bonds is 8. The molecule has 2 atom stereocenters. The number of hydrogen-bond donors (Lipinski definition) is 2. The summed E-state index contributed by atoms with van der Waals surface area (Å²) in [6.45, 7) is 0. The fraction of sp³-hybridized carbons (Fsp3) is 0.0870. The lowest BCUT2D eigenvalue weighted by molar-refractivity contribution is -0.384. The molecule has 0 saturated carbocycles. The van der Waals surface area contributed by atoms with E-state index in [0.29, 0.717) is 16.6 Å². The minimum Gasteiger partial charge on any atom is -0.480 e. The number of nitro benzene ring substituents is 1. The third-order valence-electron chi connectivity index (χ3n) is 5.01. The molecule has 166 valence electrons. The first kappa shape index (κ1) is 22.0. The molecule has 0 aliphatic heterocycles. The summed E-state index contributed by atoms with van der Waals surface area (Å²) in [6, 6.07) is 19.6. The van der Waals surface area contributed by atoms with Crippen LogP contribution in [0.25, 0.3) is 11.0 Å². The molecule has 1 heterocycles. The molecule has 0 saturated heterocycles. The maximum atomic E-state index is 12.4. The van der Waals surface area contributed by atoms with Crippen LogP contribution in [0.2, 0.25) is 0 Å². The number of nitrogens with zero attached hydrogens (tertiary/aromatic N) is 3. The maximum Gasteiger partial charge on any atom is 0.331 e. The van der Waals surface area contributed by atoms with E-state index in [-0.39, 0.29) is 16.4 Å². The van der Waals surface area contributed by atoms with Crippen molar-refractivity contribution in [2.45, 2.75) is 16.4 Å². The van der Waals surface area contributed by atoms with Crippen LogP contribution in [-0.4, -0.2) is 36.6 Å². The summed E-state index contributed by atoms with van der Waals surface area (Å²) in [5, 5.41) is 30.4. The molecule has 0 fully saturated rings. The number of benzene rings is 3. The number of nitro groups is 1. The minimum absolute atomic E-state index is 0.123. The number of carboxylic acids is 2. The van der Waals surface area contributed by atoms with E-state index in [9.17, 15) is 29.9 Å². The van der Waals surface area contributed by atoms with E-state index in [1.165, 1.54) is 22.8 Å². The van der Waals surface area contributed by atoms with E-state index < -0.39 is 28.2 Å². The van der Waals surface area contributed by atoms with Gasteiger partial charge in [0.25, 0.3) is 5.69 Å². The lowest BCUT2D eigenvalue weighted by atomic mass is 10.1. The first-order valence-corrected chi connectivity index (χ1v) is 10.6. The van der Waals surface area contributed by atoms with Crippen molar-refractivity contribution in [2.75, 3.05) is 0 Å². The lowest BCUT2D eigenvalue weighted by Crippen LogP contribution is -2.21. The zero-order chi connectivity index (χ0) is 23.5. The van der Waals surface area contributed by atoms with Crippen LogP contribution in [0.1, 0.15) is 22.4 Å². The highest BCUT2D eigenvalue weighted by atomic mass is 32.2. The van der Waals surface area contributed by atoms with Crippen LogP contribution in [0.4, 0.5) is 5.69 Å². The first-order chi connectivity index (χ1) is 15.9. The van der Waals surface area contributed by atoms with Gasteiger partial charge in [-0.15, -0.1) is 0 Å². The van der Waals surface area contributed by atoms with Crippen LogP contribution in [0.5, 0.6) is 0 Å². The second-order valence-electron chi connectivity index (χ2n) is 7.09. The number of carbonyl (C=O) groups is 2. The van der Waals surface area contributed by atoms with Gasteiger partial charge in [-0.05, 0) is 17.2 Å². The summed E-state index contributed by atoms with van der Waals surface area (Å²) in [7, 11) is 0. The van der Waals surface area contributed by atoms with Gasteiger partial charge in [0.15, 0.2) is 11.2 Å². The summed E-state index contributed by atoms with van der Waals surface area (Å²) in [5.74, 6) is -2.33. The second kappa shape index (κ2) is 9.13. The van der Waals surface area contributed by atoms with E-state index in [4.69, 9.17) is 0 Å². The topological polar surface area (TPSA) is 136 Å². The average Bonchev–Trinajstić information content (AvgIpc) is 3.15. The second-order valence-corrected chi connectivity index (χ2v) is 8.17. The summed E-state index contributed by atoms with van der Waals surface area (Å²) in [6.07, 6.45) is 0. The molecule has 9 nitrogen and oxygen atoms in total. The van der Waals surface area contributed by atoms with Crippen molar-refractivity contribution in [3.8, 4) is 0 Å². The summed E-state index contributed by atoms with van der Waals surface area (Å²) in [4.78, 5) is 39.7. The summed E-state index contributed by atoms with van der Waals surface area (Å²) < 4.78 is 1.35. The fourth-order valence-electron chi connectivity index (χ4n) is 3.54. The molecule has 0 amide bonds. The van der Waals surface area contributed by atoms with Crippen molar-refractivity contribution in [1.82, 2.24) is 9.55 Å². The number of non-ortho nitro benzene ring substituents is 1. The zero-order valence-electron chi connectivity index (χ0n) is 16.9. The van der Waals surface area contributed by atoms with Crippen LogP contribution >= 0.6 is 11.8 Å². The number of aromatic nitrogens is 2. The molecule has 4 aromatic rings. The lowest BCUT2D eigenvalue weighted by Gasteiger charge is -2.20. The van der Waals surface area contributed by atoms with Crippen molar-refractivity contribution >= 4 is 40.4 Å². The van der Waals surface area contributed by atoms with Crippen LogP contribution in [0.15, 0.2) is 84.0 Å². The van der Waals surface area contributed by atoms with Gasteiger partial charge in [-0.1, -0.05) is 72.4 Å². The third-order valence-corrected chi connectivity index (χ3v) is 6.22. The molecule has 4 rings (SSSR count). The Hall–Kier alpha value is -4.18. The van der Waals surface area contributed by atoms with Crippen LogP contribution in [-0.2, 0) is 9.59 Å². The van der Waals surface area contributed by atoms with Crippen LogP contribution in [0.3, 0.4) is 0 Å². The molecular weight excluding hydrogens is 446 g/mol. The molecule has 2 N–H and O–H groups in total. The predicted octanol–water partition coefficient (Wildman–Crippen LogP) is 4.54. The quantitative estimate of drug-likeness (QED) is 0.221. The van der Waals surface area contributed by atoms with Gasteiger partial charge in [-0.25, -0.2) is 9.78 Å². The molecule has 33 heavy (non-hydrogen) atoms. The molecular formula is C23H17N3O6S. The van der Waals surface area contributed by atoms with Crippen molar-refractivity contribution < 1.29 is 24.7 Å². The normalized spacial score (nSPS) is 12.8. The molecule has 2 unspecified atom stereocenters. The molecule has 10 heteroatoms. The first-order valence-electron chi connectivity index (χ1n) is 9.75. The van der Waals surface area contributed by atoms with Crippen molar-refractivity contribution in [3.05, 3.63) is 100 Å². The zero-order valence-corrected chi connectivity index (χ0v) is 17.8. The van der Waals surface area contributed by atoms with Crippen LogP contribution in [0, 0.1) is 10.1 Å². The number of hydrogen-bond acceptors (Lipinski definition) is 6. The Balaban J connectivity index is 1.95. The Morgan fingerprint density at radius 2 is 1.52 bits per heavy atom. The Morgan fingerprint density at radius 3 is 2.06 bits per heavy atom. The Bertz CT molecular complexity index is 1340. The molecule has 3 aromatic carbocycles. The van der Waals surface area contributed by atoms with Crippen LogP contribution < -0.4 is 0 Å². The molecule has 0 radical (unpaired) electrons. The van der Waals surface area contributed by atoms with E-state index in [1.807, 2.05) is 0 Å². The monoisotopic (exact) mass is 463 g/mol. The average molecular weight is 463 g/mol. The molecule has 1 aromatic heterocycles. The van der Waals surface area contributed by atoms with E-state index in [0.717, 1.165) is 11.8 Å². The van der Waals surface area contributed by atoms with Crippen molar-refractivity contribution in [2.24, 2.45) is 0 Å². The van der Waals surface area contributed by atoms with Gasteiger partial charge in [0, 0.05) is 12.1 Å². The number of thioether (sulfide) groups is 1. The highest BCUT2D eigenvalue weighted by Crippen LogP contribution is 2.40. The number of fused-ring (bicyclic) bond motifs is 1. The molecule has 0 bridgehead atoms. The highest BCUT2D eigenvalue weighted by molar-refractivity contribution is 8.00. The third kappa shape index (κ3) is 4.41. The van der Waals surface area contributed by atoms with E-state index in [2.05, 4.69) is 4.98 Å². The summed E-state index contributed by atoms with van der Waals surface area (Å²) >= 11 is 0.876. The maximum absolute atomic E-state index is 12.4. The molecule has 0 aliphatic rings. The largest absolute Gasteiger partial charge is 0.480 e. The fourth-order valence-corrected chi connectivity index (χ4v) is 4.61. The number of imidazole rings is 1. The summed E-state index contributed by atoms with van der Waals surface area (Å²) in [5.41, 5.74) is 1.24. The van der Waals surface area contributed by atoms with Crippen molar-refractivity contribution in [1.29, 1.82) is 0 Å². The van der Waals surface area contributed by atoms with E-state index in [1.54, 1.807) is 60.7 Å². The van der Waals surface area contributed by atoms with Gasteiger partial charge in [-0.3, -0.25) is 14.9 Å². The van der Waals surface area contributed by atoms with Gasteiger partial charge < -0.3 is 14.8 Å². The standard InChI is InChI=1S/C23H17N3O6S/c27-21(28)19(14-7-3-1-4-8-14)25-18-13-16(26(31)32)11-12-17(18)24-23(25)33-20(22(29)30)15-9-5-2-6-10-15/h1-13,19-20H,(H,27,28)(H,29,30). The number of carboxylic acid groups (broad SMARTS) is 2. The molecule has 0 spiro atoms. The Morgan fingerprint density at radius 1 is 0.909 bits per heavy atom. The smallest absolute Gasteiger partial charge is 0.331 e. The van der Waals surface area contributed by atoms with Gasteiger partial charge in [0.1, 0.15) is 5.25 Å².